The normalized spacial score (nSPS) is 24.6. The molecular weight excluding hydrogens is 198 g/mol. The van der Waals surface area contributed by atoms with E-state index in [1.807, 2.05) is 12.1 Å². The lowest BCUT2D eigenvalue weighted by molar-refractivity contribution is 0.172. The number of anilines is 1. The van der Waals surface area contributed by atoms with Crippen LogP contribution < -0.4 is 10.1 Å². The van der Waals surface area contributed by atoms with Gasteiger partial charge in [0.15, 0.2) is 0 Å². The Kier molecular flexibility index (Phi) is 2.73. The number of benzene rings is 1. The van der Waals surface area contributed by atoms with E-state index in [2.05, 4.69) is 17.4 Å². The molecule has 1 fully saturated rings. The van der Waals surface area contributed by atoms with E-state index in [9.17, 15) is 0 Å². The van der Waals surface area contributed by atoms with Gasteiger partial charge in [-0.3, -0.25) is 0 Å². The molecule has 1 atom stereocenters. The van der Waals surface area contributed by atoms with Crippen molar-refractivity contribution in [2.45, 2.75) is 38.2 Å². The number of fused-ring (bicyclic) bond motifs is 1. The second-order valence-electron chi connectivity index (χ2n) is 5.00. The van der Waals surface area contributed by atoms with Crippen molar-refractivity contribution in [2.75, 3.05) is 11.9 Å². The average molecular weight is 217 g/mol. The number of rotatable bonds is 2. The first-order valence-corrected chi connectivity index (χ1v) is 6.41. The molecule has 1 unspecified atom stereocenters. The Bertz CT molecular complexity index is 358. The van der Waals surface area contributed by atoms with Gasteiger partial charge in [0.1, 0.15) is 11.9 Å². The van der Waals surface area contributed by atoms with Crippen molar-refractivity contribution in [1.82, 2.24) is 0 Å². The SMILES string of the molecule is c1ccc2c(c1)NCC(CC1CCCC1)O2. The zero-order valence-electron chi connectivity index (χ0n) is 9.61. The molecule has 0 amide bonds. The van der Waals surface area contributed by atoms with Gasteiger partial charge in [0.25, 0.3) is 0 Å². The summed E-state index contributed by atoms with van der Waals surface area (Å²) >= 11 is 0. The number of ether oxygens (including phenoxy) is 1. The first-order chi connectivity index (χ1) is 7.92. The summed E-state index contributed by atoms with van der Waals surface area (Å²) in [6.07, 6.45) is 7.24. The van der Waals surface area contributed by atoms with E-state index in [0.717, 1.165) is 23.9 Å². The molecule has 16 heavy (non-hydrogen) atoms. The fourth-order valence-electron chi connectivity index (χ4n) is 2.91. The summed E-state index contributed by atoms with van der Waals surface area (Å²) in [7, 11) is 0. The minimum absolute atomic E-state index is 0.373. The lowest BCUT2D eigenvalue weighted by Gasteiger charge is -2.29. The summed E-state index contributed by atoms with van der Waals surface area (Å²) in [6, 6.07) is 8.23. The number of nitrogens with one attached hydrogen (secondary N) is 1. The fraction of sp³-hybridized carbons (Fsp3) is 0.571. The molecule has 0 spiro atoms. The minimum atomic E-state index is 0.373. The molecule has 3 rings (SSSR count). The lowest BCUT2D eigenvalue weighted by atomic mass is 9.99. The number of para-hydroxylation sites is 2. The lowest BCUT2D eigenvalue weighted by Crippen LogP contribution is -2.32. The maximum absolute atomic E-state index is 6.03. The van der Waals surface area contributed by atoms with Gasteiger partial charge in [0.05, 0.1) is 12.2 Å². The maximum atomic E-state index is 6.03. The zero-order chi connectivity index (χ0) is 10.8. The van der Waals surface area contributed by atoms with Crippen LogP contribution in [-0.2, 0) is 0 Å². The molecule has 1 aromatic rings. The monoisotopic (exact) mass is 217 g/mol. The highest BCUT2D eigenvalue weighted by atomic mass is 16.5. The van der Waals surface area contributed by atoms with Gasteiger partial charge in [0, 0.05) is 0 Å². The van der Waals surface area contributed by atoms with E-state index in [0.29, 0.717) is 6.10 Å². The van der Waals surface area contributed by atoms with Crippen LogP contribution in [0.2, 0.25) is 0 Å². The van der Waals surface area contributed by atoms with Crippen molar-refractivity contribution in [3.05, 3.63) is 24.3 Å². The molecule has 86 valence electrons. The maximum Gasteiger partial charge on any atom is 0.142 e. The standard InChI is InChI=1S/C14H19NO/c1-2-6-11(5-1)9-12-10-15-13-7-3-4-8-14(13)16-12/h3-4,7-8,11-12,15H,1-2,5-6,9-10H2. The zero-order valence-corrected chi connectivity index (χ0v) is 9.61. The van der Waals surface area contributed by atoms with Crippen LogP contribution in [0.25, 0.3) is 0 Å². The molecule has 1 aliphatic heterocycles. The highest BCUT2D eigenvalue weighted by Crippen LogP contribution is 2.33. The molecule has 0 aromatic heterocycles. The Hall–Kier alpha value is -1.18. The summed E-state index contributed by atoms with van der Waals surface area (Å²) in [5.74, 6) is 1.92. The molecule has 2 nitrogen and oxygen atoms in total. The smallest absolute Gasteiger partial charge is 0.142 e. The van der Waals surface area contributed by atoms with E-state index in [1.54, 1.807) is 0 Å². The largest absolute Gasteiger partial charge is 0.486 e. The van der Waals surface area contributed by atoms with Gasteiger partial charge in [-0.25, -0.2) is 0 Å². The Morgan fingerprint density at radius 1 is 1.19 bits per heavy atom. The molecule has 1 N–H and O–H groups in total. The molecule has 0 saturated heterocycles. The third-order valence-corrected chi connectivity index (χ3v) is 3.77. The Morgan fingerprint density at radius 2 is 2.00 bits per heavy atom. The highest BCUT2D eigenvalue weighted by molar-refractivity contribution is 5.57. The molecule has 2 heteroatoms. The molecule has 2 aliphatic rings. The van der Waals surface area contributed by atoms with Gasteiger partial charge in [0.2, 0.25) is 0 Å². The Labute approximate surface area is 97.0 Å². The summed E-state index contributed by atoms with van der Waals surface area (Å²) in [5.41, 5.74) is 1.14. The quantitative estimate of drug-likeness (QED) is 0.819. The van der Waals surface area contributed by atoms with Gasteiger partial charge in [-0.2, -0.15) is 0 Å². The summed E-state index contributed by atoms with van der Waals surface area (Å²) < 4.78 is 6.03. The van der Waals surface area contributed by atoms with Crippen LogP contribution in [0.1, 0.15) is 32.1 Å². The first-order valence-electron chi connectivity index (χ1n) is 6.41. The van der Waals surface area contributed by atoms with Crippen LogP contribution in [0.15, 0.2) is 24.3 Å². The van der Waals surface area contributed by atoms with Crippen molar-refractivity contribution in [1.29, 1.82) is 0 Å². The van der Waals surface area contributed by atoms with Gasteiger partial charge in [-0.15, -0.1) is 0 Å². The molecule has 0 bridgehead atoms. The number of hydrogen-bond acceptors (Lipinski definition) is 2. The van der Waals surface area contributed by atoms with Crippen molar-refractivity contribution in [2.24, 2.45) is 5.92 Å². The molecule has 1 saturated carbocycles. The average Bonchev–Trinajstić information content (AvgIpc) is 2.82. The van der Waals surface area contributed by atoms with E-state index in [-0.39, 0.29) is 0 Å². The van der Waals surface area contributed by atoms with Crippen molar-refractivity contribution < 1.29 is 4.74 Å². The summed E-state index contributed by atoms with van der Waals surface area (Å²) in [4.78, 5) is 0. The second-order valence-corrected chi connectivity index (χ2v) is 5.00. The Balaban J connectivity index is 1.63. The third-order valence-electron chi connectivity index (χ3n) is 3.77. The van der Waals surface area contributed by atoms with Gasteiger partial charge in [-0.1, -0.05) is 37.8 Å². The van der Waals surface area contributed by atoms with E-state index >= 15 is 0 Å². The van der Waals surface area contributed by atoms with E-state index < -0.39 is 0 Å². The molecule has 0 radical (unpaired) electrons. The van der Waals surface area contributed by atoms with Crippen LogP contribution >= 0.6 is 0 Å². The minimum Gasteiger partial charge on any atom is -0.486 e. The summed E-state index contributed by atoms with van der Waals surface area (Å²) in [5, 5.41) is 3.46. The van der Waals surface area contributed by atoms with E-state index in [1.165, 1.54) is 32.1 Å². The van der Waals surface area contributed by atoms with Crippen LogP contribution in [-0.4, -0.2) is 12.6 Å². The van der Waals surface area contributed by atoms with Crippen molar-refractivity contribution in [3.63, 3.8) is 0 Å². The fourth-order valence-corrected chi connectivity index (χ4v) is 2.91. The van der Waals surface area contributed by atoms with E-state index in [4.69, 9.17) is 4.74 Å². The Morgan fingerprint density at radius 3 is 2.88 bits per heavy atom. The number of hydrogen-bond donors (Lipinski definition) is 1. The van der Waals surface area contributed by atoms with Crippen LogP contribution in [0.5, 0.6) is 5.75 Å². The predicted molar refractivity (Wildman–Crippen MR) is 65.9 cm³/mol. The summed E-state index contributed by atoms with van der Waals surface area (Å²) in [6.45, 7) is 0.966. The second kappa shape index (κ2) is 4.36. The molecule has 1 aliphatic carbocycles. The molecular formula is C14H19NO. The van der Waals surface area contributed by atoms with Gasteiger partial charge < -0.3 is 10.1 Å². The van der Waals surface area contributed by atoms with Gasteiger partial charge in [-0.05, 0) is 24.5 Å². The molecule has 1 aromatic carbocycles. The van der Waals surface area contributed by atoms with Crippen molar-refractivity contribution in [3.8, 4) is 5.75 Å². The first kappa shape index (κ1) is 10.0. The van der Waals surface area contributed by atoms with Gasteiger partial charge >= 0.3 is 0 Å². The van der Waals surface area contributed by atoms with Crippen LogP contribution in [0.4, 0.5) is 5.69 Å². The predicted octanol–water partition coefficient (Wildman–Crippen LogP) is 3.44. The topological polar surface area (TPSA) is 21.3 Å². The molecule has 1 heterocycles. The van der Waals surface area contributed by atoms with Crippen molar-refractivity contribution >= 4 is 5.69 Å². The third kappa shape index (κ3) is 2.01. The van der Waals surface area contributed by atoms with Crippen LogP contribution in [0.3, 0.4) is 0 Å². The van der Waals surface area contributed by atoms with Crippen LogP contribution in [0, 0.1) is 5.92 Å². The highest BCUT2D eigenvalue weighted by Gasteiger charge is 2.24.